The fourth-order valence-corrected chi connectivity index (χ4v) is 3.24. The quantitative estimate of drug-likeness (QED) is 0.920. The molecule has 1 saturated heterocycles. The maximum atomic E-state index is 5.36. The van der Waals surface area contributed by atoms with E-state index in [1.807, 2.05) is 36.0 Å². The summed E-state index contributed by atoms with van der Waals surface area (Å²) in [4.78, 5) is 4.48. The summed E-state index contributed by atoms with van der Waals surface area (Å²) in [7, 11) is 0. The molecule has 6 heteroatoms. The molecule has 0 spiro atoms. The number of hydrogen-bond acceptors (Lipinski definition) is 5. The first-order valence-electron chi connectivity index (χ1n) is 5.74. The van der Waals surface area contributed by atoms with Crippen molar-refractivity contribution in [2.24, 2.45) is 0 Å². The molecular formula is C12H12BrN3OS. The summed E-state index contributed by atoms with van der Waals surface area (Å²) >= 11 is 5.40. The third kappa shape index (κ3) is 2.46. The molecule has 0 amide bonds. The van der Waals surface area contributed by atoms with Crippen molar-refractivity contribution in [1.82, 2.24) is 15.5 Å². The zero-order valence-electron chi connectivity index (χ0n) is 9.60. The molecule has 94 valence electrons. The van der Waals surface area contributed by atoms with E-state index in [9.17, 15) is 0 Å². The lowest BCUT2D eigenvalue weighted by Crippen LogP contribution is -2.30. The largest absolute Gasteiger partial charge is 0.337 e. The molecule has 0 bridgehead atoms. The summed E-state index contributed by atoms with van der Waals surface area (Å²) in [5.41, 5.74) is 0.955. The van der Waals surface area contributed by atoms with Gasteiger partial charge in [-0.3, -0.25) is 0 Å². The second-order valence-corrected chi connectivity index (χ2v) is 6.02. The van der Waals surface area contributed by atoms with Crippen LogP contribution in [0.4, 0.5) is 0 Å². The summed E-state index contributed by atoms with van der Waals surface area (Å²) in [6.45, 7) is 0.988. The third-order valence-electron chi connectivity index (χ3n) is 2.78. The second-order valence-electron chi connectivity index (χ2n) is 4.02. The van der Waals surface area contributed by atoms with Crippen molar-refractivity contribution < 1.29 is 4.52 Å². The van der Waals surface area contributed by atoms with Crippen LogP contribution in [0.25, 0.3) is 11.4 Å². The molecule has 4 nitrogen and oxygen atoms in total. The van der Waals surface area contributed by atoms with Gasteiger partial charge in [0.05, 0.1) is 6.04 Å². The van der Waals surface area contributed by atoms with Crippen LogP contribution in [-0.4, -0.2) is 28.2 Å². The van der Waals surface area contributed by atoms with E-state index in [0.29, 0.717) is 11.7 Å². The van der Waals surface area contributed by atoms with Crippen LogP contribution < -0.4 is 5.32 Å². The highest BCUT2D eigenvalue weighted by molar-refractivity contribution is 9.10. The molecule has 1 aliphatic heterocycles. The molecule has 1 unspecified atom stereocenters. The zero-order valence-corrected chi connectivity index (χ0v) is 12.0. The fraction of sp³-hybridized carbons (Fsp3) is 0.333. The predicted octanol–water partition coefficient (Wildman–Crippen LogP) is 2.88. The Balaban J connectivity index is 1.87. The molecule has 18 heavy (non-hydrogen) atoms. The number of hydrogen-bond donors (Lipinski definition) is 1. The molecule has 1 atom stereocenters. The number of thioether (sulfide) groups is 1. The van der Waals surface area contributed by atoms with E-state index in [4.69, 9.17) is 4.52 Å². The van der Waals surface area contributed by atoms with Crippen molar-refractivity contribution in [3.63, 3.8) is 0 Å². The van der Waals surface area contributed by atoms with Gasteiger partial charge in [-0.15, -0.1) is 0 Å². The molecule has 0 aliphatic carbocycles. The smallest absolute Gasteiger partial charge is 0.244 e. The van der Waals surface area contributed by atoms with Gasteiger partial charge in [0.2, 0.25) is 11.7 Å². The number of benzene rings is 1. The minimum absolute atomic E-state index is 0.174. The van der Waals surface area contributed by atoms with Gasteiger partial charge in [0, 0.05) is 28.1 Å². The SMILES string of the molecule is Brc1ccccc1-c1noc(C2CSCCN2)n1. The van der Waals surface area contributed by atoms with E-state index < -0.39 is 0 Å². The second kappa shape index (κ2) is 5.42. The van der Waals surface area contributed by atoms with E-state index >= 15 is 0 Å². The first-order valence-corrected chi connectivity index (χ1v) is 7.69. The zero-order chi connectivity index (χ0) is 12.4. The van der Waals surface area contributed by atoms with Crippen LogP contribution in [0.2, 0.25) is 0 Å². The molecular weight excluding hydrogens is 314 g/mol. The number of halogens is 1. The average Bonchev–Trinajstić information content (AvgIpc) is 2.90. The molecule has 1 N–H and O–H groups in total. The average molecular weight is 326 g/mol. The number of nitrogens with one attached hydrogen (secondary N) is 1. The Morgan fingerprint density at radius 1 is 1.39 bits per heavy atom. The minimum Gasteiger partial charge on any atom is -0.337 e. The third-order valence-corrected chi connectivity index (χ3v) is 4.53. The van der Waals surface area contributed by atoms with E-state index in [1.165, 1.54) is 0 Å². The Morgan fingerprint density at radius 2 is 2.28 bits per heavy atom. The van der Waals surface area contributed by atoms with Crippen LogP contribution in [0.5, 0.6) is 0 Å². The van der Waals surface area contributed by atoms with Crippen LogP contribution in [0.3, 0.4) is 0 Å². The van der Waals surface area contributed by atoms with Crippen LogP contribution in [0.15, 0.2) is 33.3 Å². The van der Waals surface area contributed by atoms with Gasteiger partial charge in [-0.1, -0.05) is 33.2 Å². The molecule has 0 radical (unpaired) electrons. The molecule has 2 aromatic rings. The van der Waals surface area contributed by atoms with Gasteiger partial charge in [0.25, 0.3) is 0 Å². The highest BCUT2D eigenvalue weighted by atomic mass is 79.9. The summed E-state index contributed by atoms with van der Waals surface area (Å²) in [6.07, 6.45) is 0. The van der Waals surface area contributed by atoms with E-state index in [1.54, 1.807) is 0 Å². The predicted molar refractivity (Wildman–Crippen MR) is 75.5 cm³/mol. The molecule has 3 rings (SSSR count). The van der Waals surface area contributed by atoms with Crippen molar-refractivity contribution in [3.8, 4) is 11.4 Å². The van der Waals surface area contributed by atoms with Crippen molar-refractivity contribution in [3.05, 3.63) is 34.6 Å². The standard InChI is InChI=1S/C12H12BrN3OS/c13-9-4-2-1-3-8(9)11-15-12(17-16-11)10-7-18-6-5-14-10/h1-4,10,14H,5-7H2. The summed E-state index contributed by atoms with van der Waals surface area (Å²) in [5.74, 6) is 3.43. The fourth-order valence-electron chi connectivity index (χ4n) is 1.85. The van der Waals surface area contributed by atoms with E-state index in [0.717, 1.165) is 28.1 Å². The van der Waals surface area contributed by atoms with Gasteiger partial charge in [-0.25, -0.2) is 0 Å². The molecule has 0 saturated carbocycles. The Hall–Kier alpha value is -0.850. The maximum absolute atomic E-state index is 5.36. The Bertz CT molecular complexity index is 540. The molecule has 1 fully saturated rings. The summed E-state index contributed by atoms with van der Waals surface area (Å²) in [6, 6.07) is 8.05. The van der Waals surface area contributed by atoms with Gasteiger partial charge >= 0.3 is 0 Å². The first-order chi connectivity index (χ1) is 8.84. The Morgan fingerprint density at radius 3 is 3.06 bits per heavy atom. The van der Waals surface area contributed by atoms with Gasteiger partial charge in [-0.05, 0) is 12.1 Å². The highest BCUT2D eigenvalue weighted by Gasteiger charge is 2.22. The van der Waals surface area contributed by atoms with Crippen molar-refractivity contribution in [1.29, 1.82) is 0 Å². The summed E-state index contributed by atoms with van der Waals surface area (Å²) in [5, 5.41) is 7.44. The van der Waals surface area contributed by atoms with Crippen LogP contribution >= 0.6 is 27.7 Å². The van der Waals surface area contributed by atoms with Crippen LogP contribution in [0, 0.1) is 0 Å². The summed E-state index contributed by atoms with van der Waals surface area (Å²) < 4.78 is 6.33. The van der Waals surface area contributed by atoms with E-state index in [2.05, 4.69) is 31.4 Å². The van der Waals surface area contributed by atoms with Crippen molar-refractivity contribution >= 4 is 27.7 Å². The first kappa shape index (κ1) is 12.2. The van der Waals surface area contributed by atoms with Gasteiger partial charge in [0.15, 0.2) is 0 Å². The lowest BCUT2D eigenvalue weighted by Gasteiger charge is -2.19. The number of nitrogens with zero attached hydrogens (tertiary/aromatic N) is 2. The van der Waals surface area contributed by atoms with Gasteiger partial charge in [-0.2, -0.15) is 16.7 Å². The lowest BCUT2D eigenvalue weighted by atomic mass is 10.2. The normalized spacial score (nSPS) is 19.9. The minimum atomic E-state index is 0.174. The molecule has 1 aromatic heterocycles. The lowest BCUT2D eigenvalue weighted by molar-refractivity contribution is 0.342. The highest BCUT2D eigenvalue weighted by Crippen LogP contribution is 2.27. The van der Waals surface area contributed by atoms with Crippen LogP contribution in [0.1, 0.15) is 11.9 Å². The topological polar surface area (TPSA) is 51.0 Å². The Kier molecular flexibility index (Phi) is 3.67. The van der Waals surface area contributed by atoms with Crippen molar-refractivity contribution in [2.45, 2.75) is 6.04 Å². The molecule has 2 heterocycles. The molecule has 1 aliphatic rings. The Labute approximate surface area is 118 Å². The van der Waals surface area contributed by atoms with Crippen LogP contribution in [-0.2, 0) is 0 Å². The molecule has 1 aromatic carbocycles. The number of aromatic nitrogens is 2. The van der Waals surface area contributed by atoms with Gasteiger partial charge in [0.1, 0.15) is 0 Å². The van der Waals surface area contributed by atoms with E-state index in [-0.39, 0.29) is 6.04 Å². The van der Waals surface area contributed by atoms with Gasteiger partial charge < -0.3 is 9.84 Å². The van der Waals surface area contributed by atoms with Crippen molar-refractivity contribution in [2.75, 3.05) is 18.1 Å². The monoisotopic (exact) mass is 325 g/mol. The maximum Gasteiger partial charge on any atom is 0.244 e. The number of rotatable bonds is 2.